The molecule has 0 radical (unpaired) electrons. The normalized spacial score (nSPS) is 18.3. The van der Waals surface area contributed by atoms with Crippen LogP contribution in [0, 0.1) is 12.8 Å². The van der Waals surface area contributed by atoms with Gasteiger partial charge in [-0.3, -0.25) is 9.59 Å². The molecule has 2 aromatic rings. The lowest BCUT2D eigenvalue weighted by Crippen LogP contribution is -2.38. The van der Waals surface area contributed by atoms with Gasteiger partial charge in [0.2, 0.25) is 11.8 Å². The quantitative estimate of drug-likeness (QED) is 0.845. The number of carbonyl (C=O) groups is 2. The predicted molar refractivity (Wildman–Crippen MR) is 99.6 cm³/mol. The highest BCUT2D eigenvalue weighted by molar-refractivity contribution is 6.31. The van der Waals surface area contributed by atoms with Crippen LogP contribution >= 0.6 is 11.6 Å². The fourth-order valence-corrected chi connectivity index (χ4v) is 3.36. The summed E-state index contributed by atoms with van der Waals surface area (Å²) < 4.78 is 0. The van der Waals surface area contributed by atoms with Gasteiger partial charge in [0.05, 0.1) is 6.04 Å². The molecule has 1 fully saturated rings. The first-order chi connectivity index (χ1) is 12.0. The van der Waals surface area contributed by atoms with Crippen molar-refractivity contribution in [3.05, 3.63) is 64.7 Å². The van der Waals surface area contributed by atoms with Crippen molar-refractivity contribution in [1.82, 2.24) is 5.32 Å². The maximum absolute atomic E-state index is 12.8. The Hall–Kier alpha value is -2.33. The van der Waals surface area contributed by atoms with Gasteiger partial charge in [-0.15, -0.1) is 0 Å². The van der Waals surface area contributed by atoms with Gasteiger partial charge in [0.25, 0.3) is 0 Å². The summed E-state index contributed by atoms with van der Waals surface area (Å²) in [6.07, 6.45) is 0.512. The molecule has 2 unspecified atom stereocenters. The molecule has 1 saturated heterocycles. The highest BCUT2D eigenvalue weighted by atomic mass is 35.5. The number of nitrogens with zero attached hydrogens (tertiary/aromatic N) is 1. The summed E-state index contributed by atoms with van der Waals surface area (Å²) in [6, 6.07) is 15.1. The molecule has 1 aliphatic rings. The van der Waals surface area contributed by atoms with E-state index in [1.807, 2.05) is 56.3 Å². The van der Waals surface area contributed by atoms with E-state index in [2.05, 4.69) is 5.32 Å². The second-order valence-electron chi connectivity index (χ2n) is 6.36. The topological polar surface area (TPSA) is 49.4 Å². The monoisotopic (exact) mass is 356 g/mol. The SMILES string of the molecule is Cc1c(Cl)cccc1N1CCC(C(=O)NC(C)c2ccccc2)C1=O. The van der Waals surface area contributed by atoms with E-state index in [0.717, 1.165) is 16.8 Å². The summed E-state index contributed by atoms with van der Waals surface area (Å²) in [5.74, 6) is -1.03. The zero-order valence-corrected chi connectivity index (χ0v) is 15.1. The number of rotatable bonds is 4. The third-order valence-corrected chi connectivity index (χ3v) is 5.12. The maximum Gasteiger partial charge on any atom is 0.239 e. The van der Waals surface area contributed by atoms with Crippen LogP contribution in [0.25, 0.3) is 0 Å². The van der Waals surface area contributed by atoms with Crippen molar-refractivity contribution in [1.29, 1.82) is 0 Å². The van der Waals surface area contributed by atoms with Crippen LogP contribution in [0.2, 0.25) is 5.02 Å². The Bertz CT molecular complexity index is 792. The summed E-state index contributed by atoms with van der Waals surface area (Å²) in [4.78, 5) is 27.0. The standard InChI is InChI=1S/C20H21ClN2O2/c1-13-17(21)9-6-10-18(13)23-12-11-16(20(23)25)19(24)22-14(2)15-7-4-3-5-8-15/h3-10,14,16H,11-12H2,1-2H3,(H,22,24). The lowest BCUT2D eigenvalue weighted by molar-refractivity contribution is -0.132. The van der Waals surface area contributed by atoms with Crippen LogP contribution in [0.4, 0.5) is 5.69 Å². The Morgan fingerprint density at radius 2 is 1.92 bits per heavy atom. The van der Waals surface area contributed by atoms with Gasteiger partial charge in [-0.25, -0.2) is 0 Å². The number of hydrogen-bond acceptors (Lipinski definition) is 2. The molecule has 0 spiro atoms. The van der Waals surface area contributed by atoms with Crippen molar-refractivity contribution in [3.8, 4) is 0 Å². The molecule has 4 nitrogen and oxygen atoms in total. The van der Waals surface area contributed by atoms with Gasteiger partial charge in [-0.05, 0) is 43.5 Å². The second kappa shape index (κ2) is 7.28. The zero-order valence-electron chi connectivity index (χ0n) is 14.3. The van der Waals surface area contributed by atoms with Crippen molar-refractivity contribution < 1.29 is 9.59 Å². The van der Waals surface area contributed by atoms with E-state index < -0.39 is 5.92 Å². The predicted octanol–water partition coefficient (Wildman–Crippen LogP) is 3.88. The average molecular weight is 357 g/mol. The number of amides is 2. The van der Waals surface area contributed by atoms with Crippen molar-refractivity contribution in [2.75, 3.05) is 11.4 Å². The van der Waals surface area contributed by atoms with Gasteiger partial charge < -0.3 is 10.2 Å². The van der Waals surface area contributed by atoms with Gasteiger partial charge in [-0.2, -0.15) is 0 Å². The fourth-order valence-electron chi connectivity index (χ4n) is 3.19. The van der Waals surface area contributed by atoms with Crippen molar-refractivity contribution >= 4 is 29.1 Å². The molecule has 1 N–H and O–H groups in total. The average Bonchev–Trinajstić information content (AvgIpc) is 2.99. The number of carbonyl (C=O) groups excluding carboxylic acids is 2. The molecule has 25 heavy (non-hydrogen) atoms. The van der Waals surface area contributed by atoms with Crippen LogP contribution in [0.3, 0.4) is 0 Å². The summed E-state index contributed by atoms with van der Waals surface area (Å²) in [5, 5.41) is 3.58. The van der Waals surface area contributed by atoms with E-state index in [4.69, 9.17) is 11.6 Å². The summed E-state index contributed by atoms with van der Waals surface area (Å²) in [7, 11) is 0. The molecule has 1 aliphatic heterocycles. The molecule has 0 saturated carbocycles. The largest absolute Gasteiger partial charge is 0.349 e. The van der Waals surface area contributed by atoms with E-state index in [9.17, 15) is 9.59 Å². The van der Waals surface area contributed by atoms with Crippen LogP contribution in [0.15, 0.2) is 48.5 Å². The van der Waals surface area contributed by atoms with Gasteiger partial charge in [-0.1, -0.05) is 48.0 Å². The van der Waals surface area contributed by atoms with Crippen molar-refractivity contribution in [3.63, 3.8) is 0 Å². The fraction of sp³-hybridized carbons (Fsp3) is 0.300. The van der Waals surface area contributed by atoms with E-state index in [1.54, 1.807) is 11.0 Å². The highest BCUT2D eigenvalue weighted by Crippen LogP contribution is 2.31. The van der Waals surface area contributed by atoms with Crippen LogP contribution in [-0.4, -0.2) is 18.4 Å². The van der Waals surface area contributed by atoms with Crippen LogP contribution in [0.5, 0.6) is 0 Å². The number of benzene rings is 2. The lowest BCUT2D eigenvalue weighted by Gasteiger charge is -2.20. The van der Waals surface area contributed by atoms with Crippen LogP contribution in [0.1, 0.15) is 30.5 Å². The molecule has 2 amide bonds. The van der Waals surface area contributed by atoms with E-state index in [0.29, 0.717) is 18.0 Å². The first-order valence-electron chi connectivity index (χ1n) is 8.41. The molecule has 3 rings (SSSR count). The first-order valence-corrected chi connectivity index (χ1v) is 8.78. The summed E-state index contributed by atoms with van der Waals surface area (Å²) in [5.41, 5.74) is 2.66. The minimum Gasteiger partial charge on any atom is -0.349 e. The lowest BCUT2D eigenvalue weighted by atomic mass is 10.0. The Labute approximate surface area is 152 Å². The maximum atomic E-state index is 12.8. The van der Waals surface area contributed by atoms with Crippen LogP contribution < -0.4 is 10.2 Å². The smallest absolute Gasteiger partial charge is 0.239 e. The molecular formula is C20H21ClN2O2. The van der Waals surface area contributed by atoms with E-state index in [1.165, 1.54) is 0 Å². The molecule has 0 aliphatic carbocycles. The Balaban J connectivity index is 1.71. The molecule has 0 aromatic heterocycles. The first kappa shape index (κ1) is 17.5. The Kier molecular flexibility index (Phi) is 5.09. The van der Waals surface area contributed by atoms with E-state index >= 15 is 0 Å². The van der Waals surface area contributed by atoms with Gasteiger partial charge in [0, 0.05) is 17.3 Å². The van der Waals surface area contributed by atoms with Gasteiger partial charge in [0.1, 0.15) is 5.92 Å². The molecule has 0 bridgehead atoms. The number of halogens is 1. The Morgan fingerprint density at radius 1 is 1.20 bits per heavy atom. The zero-order chi connectivity index (χ0) is 18.0. The molecule has 2 atom stereocenters. The van der Waals surface area contributed by atoms with Crippen molar-refractivity contribution in [2.45, 2.75) is 26.3 Å². The minimum atomic E-state index is -0.649. The molecule has 2 aromatic carbocycles. The minimum absolute atomic E-state index is 0.136. The summed E-state index contributed by atoms with van der Waals surface area (Å²) in [6.45, 7) is 4.33. The third kappa shape index (κ3) is 3.54. The highest BCUT2D eigenvalue weighted by Gasteiger charge is 2.38. The Morgan fingerprint density at radius 3 is 2.64 bits per heavy atom. The second-order valence-corrected chi connectivity index (χ2v) is 6.76. The van der Waals surface area contributed by atoms with Crippen molar-refractivity contribution in [2.24, 2.45) is 5.92 Å². The third-order valence-electron chi connectivity index (χ3n) is 4.71. The van der Waals surface area contributed by atoms with Crippen LogP contribution in [-0.2, 0) is 9.59 Å². The molecule has 130 valence electrons. The molecule has 5 heteroatoms. The van der Waals surface area contributed by atoms with E-state index in [-0.39, 0.29) is 17.9 Å². The van der Waals surface area contributed by atoms with Gasteiger partial charge in [0.15, 0.2) is 0 Å². The molecular weight excluding hydrogens is 336 g/mol. The number of nitrogens with one attached hydrogen (secondary N) is 1. The molecule has 1 heterocycles. The van der Waals surface area contributed by atoms with Gasteiger partial charge >= 0.3 is 0 Å². The number of hydrogen-bond donors (Lipinski definition) is 1. The summed E-state index contributed by atoms with van der Waals surface area (Å²) >= 11 is 6.16. The number of anilines is 1.